The van der Waals surface area contributed by atoms with Gasteiger partial charge in [-0.1, -0.05) is 17.7 Å². The molecule has 2 amide bonds. The molecule has 2 unspecified atom stereocenters. The number of ether oxygens (including phenoxy) is 2. The van der Waals surface area contributed by atoms with Gasteiger partial charge in [0.05, 0.1) is 39.0 Å². The van der Waals surface area contributed by atoms with Crippen molar-refractivity contribution in [3.63, 3.8) is 0 Å². The number of hydrogen-bond acceptors (Lipinski definition) is 9. The van der Waals surface area contributed by atoms with Crippen molar-refractivity contribution in [1.82, 2.24) is 9.88 Å². The highest BCUT2D eigenvalue weighted by molar-refractivity contribution is 7.98. The van der Waals surface area contributed by atoms with Crippen LogP contribution in [0.1, 0.15) is 50.3 Å². The molecule has 7 rings (SSSR count). The molecule has 0 spiro atoms. The number of carboxylic acid groups (broad SMARTS) is 1. The highest BCUT2D eigenvalue weighted by Crippen LogP contribution is 2.51. The first kappa shape index (κ1) is 31.8. The second-order valence-electron chi connectivity index (χ2n) is 12.9. The van der Waals surface area contributed by atoms with Crippen LogP contribution in [0.5, 0.6) is 0 Å². The number of anilines is 2. The smallest absolute Gasteiger partial charge is 0.412 e. The first-order valence-electron chi connectivity index (χ1n) is 15.1. The van der Waals surface area contributed by atoms with Gasteiger partial charge in [0, 0.05) is 47.2 Å². The van der Waals surface area contributed by atoms with Crippen molar-refractivity contribution in [2.24, 2.45) is 0 Å². The van der Waals surface area contributed by atoms with E-state index in [1.165, 1.54) is 22.7 Å². The largest absolute Gasteiger partial charge is 0.465 e. The Morgan fingerprint density at radius 1 is 1.21 bits per heavy atom. The standard InChI is InChI=1S/C33H31ClFN5O5S2/c1-33(2,3)45-31(41)38-30-18(10-36)25-17(7-8-21(35)29(25)47-30)24-19-13-44-14-20(19)26-22(9-23(46-4)37-28(26)27(24)34)40-15-5-6-16(40)12-39(11-15)32(42)43/h7-9,15-16H,5-6,11-14H2,1-4H3,(H,38,41)(H,42,43). The van der Waals surface area contributed by atoms with Gasteiger partial charge in [0.2, 0.25) is 0 Å². The van der Waals surface area contributed by atoms with Crippen molar-refractivity contribution in [3.8, 4) is 17.2 Å². The van der Waals surface area contributed by atoms with Crippen LogP contribution < -0.4 is 10.2 Å². The Morgan fingerprint density at radius 3 is 2.55 bits per heavy atom. The monoisotopic (exact) mass is 695 g/mol. The van der Waals surface area contributed by atoms with Gasteiger partial charge >= 0.3 is 12.2 Å². The van der Waals surface area contributed by atoms with Gasteiger partial charge in [0.25, 0.3) is 0 Å². The van der Waals surface area contributed by atoms with E-state index in [0.29, 0.717) is 46.7 Å². The Kier molecular flexibility index (Phi) is 7.90. The van der Waals surface area contributed by atoms with Crippen LogP contribution in [-0.2, 0) is 22.7 Å². The van der Waals surface area contributed by atoms with Gasteiger partial charge in [-0.2, -0.15) is 5.26 Å². The van der Waals surface area contributed by atoms with Crippen LogP contribution in [0.2, 0.25) is 5.02 Å². The maximum atomic E-state index is 15.4. The fourth-order valence-corrected chi connectivity index (χ4v) is 8.94. The number of nitriles is 1. The van der Waals surface area contributed by atoms with Crippen LogP contribution in [-0.4, -0.2) is 64.2 Å². The number of likely N-dealkylation sites (tertiary alicyclic amines) is 1. The first-order chi connectivity index (χ1) is 22.4. The van der Waals surface area contributed by atoms with Crippen molar-refractivity contribution >= 4 is 78.6 Å². The van der Waals surface area contributed by atoms with Gasteiger partial charge < -0.3 is 24.4 Å². The van der Waals surface area contributed by atoms with E-state index in [1.54, 1.807) is 26.8 Å². The molecular weight excluding hydrogens is 665 g/mol. The molecule has 2 aromatic heterocycles. The SMILES string of the molecule is CSc1cc(N2C3CCC2CN(C(=O)O)C3)c2c3c(c(-c4ccc(F)c5sc(NC(=O)OC(C)(C)C)c(C#N)c45)c(Cl)c2n1)COC3. The molecule has 2 bridgehead atoms. The van der Waals surface area contributed by atoms with Crippen LogP contribution in [0.4, 0.5) is 24.7 Å². The summed E-state index contributed by atoms with van der Waals surface area (Å²) in [4.78, 5) is 33.4. The Hall–Kier alpha value is -3.83. The third-order valence-electron chi connectivity index (χ3n) is 8.89. The number of aromatic nitrogens is 1. The molecule has 5 heterocycles. The minimum atomic E-state index is -0.909. The number of fused-ring (bicyclic) bond motifs is 6. The lowest BCUT2D eigenvalue weighted by atomic mass is 9.90. The van der Waals surface area contributed by atoms with E-state index in [9.17, 15) is 20.0 Å². The summed E-state index contributed by atoms with van der Waals surface area (Å²) in [5, 5.41) is 25.2. The summed E-state index contributed by atoms with van der Waals surface area (Å²) < 4.78 is 27.1. The van der Waals surface area contributed by atoms with E-state index in [1.807, 2.05) is 6.26 Å². The van der Waals surface area contributed by atoms with Crippen molar-refractivity contribution in [2.75, 3.05) is 29.6 Å². The third kappa shape index (κ3) is 5.31. The first-order valence-corrected chi connectivity index (χ1v) is 17.5. The molecule has 3 aliphatic rings. The molecule has 0 radical (unpaired) electrons. The number of thiophene rings is 1. The number of benzene rings is 2. The summed E-state index contributed by atoms with van der Waals surface area (Å²) in [5.41, 5.74) is 3.72. The summed E-state index contributed by atoms with van der Waals surface area (Å²) in [5.74, 6) is -0.534. The third-order valence-corrected chi connectivity index (χ3v) is 11.0. The Morgan fingerprint density at radius 2 is 1.91 bits per heavy atom. The predicted molar refractivity (Wildman–Crippen MR) is 181 cm³/mol. The summed E-state index contributed by atoms with van der Waals surface area (Å²) in [6, 6.07) is 7.20. The maximum Gasteiger partial charge on any atom is 0.412 e. The molecule has 0 aliphatic carbocycles. The van der Waals surface area contributed by atoms with E-state index in [2.05, 4.69) is 22.4 Å². The van der Waals surface area contributed by atoms with Crippen LogP contribution in [0.25, 0.3) is 32.1 Å². The van der Waals surface area contributed by atoms with Crippen LogP contribution in [0, 0.1) is 17.1 Å². The number of amides is 2. The minimum absolute atomic E-state index is 0.0122. The van der Waals surface area contributed by atoms with Gasteiger partial charge in [-0.05, 0) is 68.7 Å². The number of halogens is 2. The fraction of sp³-hybridized carbons (Fsp3) is 0.394. The van der Waals surface area contributed by atoms with E-state index < -0.39 is 23.6 Å². The molecule has 4 aromatic rings. The Balaban J connectivity index is 1.44. The number of thioether (sulfide) groups is 1. The van der Waals surface area contributed by atoms with Gasteiger partial charge in [-0.25, -0.2) is 19.0 Å². The molecule has 10 nitrogen and oxygen atoms in total. The molecule has 14 heteroatoms. The summed E-state index contributed by atoms with van der Waals surface area (Å²) >= 11 is 9.80. The second-order valence-corrected chi connectivity index (χ2v) is 15.1. The van der Waals surface area contributed by atoms with Crippen LogP contribution >= 0.6 is 34.7 Å². The van der Waals surface area contributed by atoms with Crippen LogP contribution in [0.3, 0.4) is 0 Å². The lowest BCUT2D eigenvalue weighted by Gasteiger charge is -2.42. The lowest BCUT2D eigenvalue weighted by Crippen LogP contribution is -2.55. The number of pyridine rings is 1. The molecule has 2 aromatic carbocycles. The number of hydrogen-bond donors (Lipinski definition) is 2. The van der Waals surface area contributed by atoms with Crippen molar-refractivity contribution in [2.45, 2.75) is 69.5 Å². The zero-order valence-corrected chi connectivity index (χ0v) is 28.5. The zero-order valence-electron chi connectivity index (χ0n) is 26.1. The molecule has 47 heavy (non-hydrogen) atoms. The highest BCUT2D eigenvalue weighted by atomic mass is 35.5. The topological polar surface area (TPSA) is 128 Å². The van der Waals surface area contributed by atoms with E-state index >= 15 is 4.39 Å². The fourth-order valence-electron chi connectivity index (χ4n) is 7.10. The van der Waals surface area contributed by atoms with Crippen LogP contribution in [0.15, 0.2) is 23.2 Å². The maximum absolute atomic E-state index is 15.4. The Labute approximate surface area is 283 Å². The zero-order chi connectivity index (χ0) is 33.4. The van der Waals surface area contributed by atoms with Gasteiger partial charge in [0.1, 0.15) is 22.5 Å². The molecular formula is C33H31ClFN5O5S2. The number of carbonyl (C=O) groups is 2. The van der Waals surface area contributed by atoms with Crippen molar-refractivity contribution in [3.05, 3.63) is 45.7 Å². The van der Waals surface area contributed by atoms with Gasteiger partial charge in [-0.3, -0.25) is 5.32 Å². The second kappa shape index (κ2) is 11.7. The summed E-state index contributed by atoms with van der Waals surface area (Å²) in [6.45, 7) is 6.57. The van der Waals surface area contributed by atoms with Gasteiger partial charge in [-0.15, -0.1) is 23.1 Å². The predicted octanol–water partition coefficient (Wildman–Crippen LogP) is 8.21. The molecule has 0 saturated carbocycles. The molecule has 3 aliphatic heterocycles. The number of rotatable bonds is 4. The Bertz CT molecular complexity index is 2030. The van der Waals surface area contributed by atoms with E-state index in [0.717, 1.165) is 51.4 Å². The average Bonchev–Trinajstić information content (AvgIpc) is 3.70. The molecule has 2 N–H and O–H groups in total. The van der Waals surface area contributed by atoms with E-state index in [-0.39, 0.29) is 34.0 Å². The lowest BCUT2D eigenvalue weighted by molar-refractivity contribution is 0.0636. The minimum Gasteiger partial charge on any atom is -0.465 e. The summed E-state index contributed by atoms with van der Waals surface area (Å²) in [7, 11) is 0. The molecule has 2 atom stereocenters. The number of nitrogens with zero attached hydrogens (tertiary/aromatic N) is 4. The molecule has 244 valence electrons. The molecule has 2 fully saturated rings. The highest BCUT2D eigenvalue weighted by Gasteiger charge is 2.43. The van der Waals surface area contributed by atoms with Crippen molar-refractivity contribution < 1.29 is 28.6 Å². The number of nitrogens with one attached hydrogen (secondary N) is 1. The molecule has 2 saturated heterocycles. The number of piperazine rings is 1. The number of carbonyl (C=O) groups excluding carboxylic acids is 1. The normalized spacial score (nSPS) is 18.9. The van der Waals surface area contributed by atoms with Crippen molar-refractivity contribution in [1.29, 1.82) is 5.26 Å². The average molecular weight is 696 g/mol. The van der Waals surface area contributed by atoms with Gasteiger partial charge in [0.15, 0.2) is 0 Å². The quantitative estimate of drug-likeness (QED) is 0.203. The summed E-state index contributed by atoms with van der Waals surface area (Å²) in [6.07, 6.45) is 2.03. The van der Waals surface area contributed by atoms with E-state index in [4.69, 9.17) is 26.1 Å².